The van der Waals surface area contributed by atoms with Gasteiger partial charge in [0.25, 0.3) is 0 Å². The number of hydrogen-bond acceptors (Lipinski definition) is 3. The molecule has 2 aromatic rings. The van der Waals surface area contributed by atoms with E-state index in [4.69, 9.17) is 4.74 Å². The lowest BCUT2D eigenvalue weighted by Crippen LogP contribution is -2.41. The molecule has 0 aliphatic carbocycles. The van der Waals surface area contributed by atoms with Gasteiger partial charge in [0.05, 0.1) is 17.1 Å². The molecule has 1 aliphatic rings. The Hall–Kier alpha value is -1.88. The minimum Gasteiger partial charge on any atom is -0.378 e. The minimum atomic E-state index is -0.441. The molecule has 0 N–H and O–H groups in total. The molecule has 0 radical (unpaired) electrons. The second kappa shape index (κ2) is 5.85. The summed E-state index contributed by atoms with van der Waals surface area (Å²) in [5, 5.41) is 0. The first-order valence-corrected chi connectivity index (χ1v) is 7.56. The van der Waals surface area contributed by atoms with E-state index in [0.29, 0.717) is 13.1 Å². The van der Waals surface area contributed by atoms with Crippen LogP contribution in [0, 0.1) is 0 Å². The molecule has 0 bridgehead atoms. The van der Waals surface area contributed by atoms with Gasteiger partial charge in [-0.25, -0.2) is 0 Å². The Labute approximate surface area is 122 Å². The van der Waals surface area contributed by atoms with Gasteiger partial charge in [-0.15, -0.1) is 0 Å². The van der Waals surface area contributed by atoms with Crippen LogP contribution < -0.4 is 11.1 Å². The van der Waals surface area contributed by atoms with Gasteiger partial charge in [0.1, 0.15) is 0 Å². The zero-order chi connectivity index (χ0) is 14.8. The summed E-state index contributed by atoms with van der Waals surface area (Å²) >= 11 is 0. The third-order valence-electron chi connectivity index (χ3n) is 4.15. The molecule has 112 valence electrons. The zero-order valence-corrected chi connectivity index (χ0v) is 12.2. The summed E-state index contributed by atoms with van der Waals surface area (Å²) in [4.78, 5) is 24.6. The largest absolute Gasteiger partial charge is 0.378 e. The van der Waals surface area contributed by atoms with E-state index < -0.39 is 11.1 Å². The fourth-order valence-corrected chi connectivity index (χ4v) is 3.05. The van der Waals surface area contributed by atoms with Gasteiger partial charge in [-0.05, 0) is 38.3 Å². The molecule has 2 heterocycles. The summed E-state index contributed by atoms with van der Waals surface area (Å²) in [6.07, 6.45) is 3.11. The van der Waals surface area contributed by atoms with Gasteiger partial charge in [-0.2, -0.15) is 0 Å². The molecule has 5 nitrogen and oxygen atoms in total. The maximum Gasteiger partial charge on any atom is 0.316 e. The van der Waals surface area contributed by atoms with Crippen molar-refractivity contribution in [1.82, 2.24) is 9.13 Å². The molecule has 0 unspecified atom stereocenters. The number of para-hydroxylation sites is 2. The van der Waals surface area contributed by atoms with Crippen LogP contribution in [0.4, 0.5) is 0 Å². The Kier molecular flexibility index (Phi) is 3.92. The van der Waals surface area contributed by atoms with Gasteiger partial charge in [-0.1, -0.05) is 12.1 Å². The van der Waals surface area contributed by atoms with Crippen LogP contribution in [0.15, 0.2) is 33.9 Å². The normalized spacial score (nSPS) is 18.4. The molecular weight excluding hydrogens is 268 g/mol. The average molecular weight is 288 g/mol. The van der Waals surface area contributed by atoms with Crippen LogP contribution in [0.1, 0.15) is 26.2 Å². The molecule has 1 saturated heterocycles. The van der Waals surface area contributed by atoms with Gasteiger partial charge in [-0.3, -0.25) is 9.59 Å². The lowest BCUT2D eigenvalue weighted by Gasteiger charge is -2.15. The lowest BCUT2D eigenvalue weighted by atomic mass is 10.2. The van der Waals surface area contributed by atoms with Gasteiger partial charge >= 0.3 is 11.1 Å². The molecule has 3 rings (SSSR count). The highest BCUT2D eigenvalue weighted by molar-refractivity contribution is 5.75. The number of fused-ring (bicyclic) bond motifs is 1. The molecule has 1 atom stereocenters. The number of aromatic nitrogens is 2. The third-order valence-corrected chi connectivity index (χ3v) is 4.15. The second-order valence-corrected chi connectivity index (χ2v) is 5.42. The van der Waals surface area contributed by atoms with Gasteiger partial charge in [0.2, 0.25) is 0 Å². The molecule has 1 aliphatic heterocycles. The van der Waals surface area contributed by atoms with Crippen molar-refractivity contribution in [3.05, 3.63) is 45.0 Å². The standard InChI is InChI=1S/C16H20N2O3/c1-2-17-13-7-3-4-8-14(13)18(16(20)15(17)19)10-9-12-6-5-11-21-12/h3-4,7-8,12H,2,5-6,9-11H2,1H3/t12-/m1/s1. The first kappa shape index (κ1) is 14.1. The molecule has 0 spiro atoms. The Balaban J connectivity index is 2.06. The van der Waals surface area contributed by atoms with E-state index in [1.54, 1.807) is 9.13 Å². The number of ether oxygens (including phenoxy) is 1. The van der Waals surface area contributed by atoms with Crippen LogP contribution >= 0.6 is 0 Å². The summed E-state index contributed by atoms with van der Waals surface area (Å²) < 4.78 is 8.75. The minimum absolute atomic E-state index is 0.212. The van der Waals surface area contributed by atoms with Crippen LogP contribution in [0.5, 0.6) is 0 Å². The van der Waals surface area contributed by atoms with E-state index in [1.807, 2.05) is 31.2 Å². The third kappa shape index (κ3) is 2.53. The predicted molar refractivity (Wildman–Crippen MR) is 81.7 cm³/mol. The fraction of sp³-hybridized carbons (Fsp3) is 0.500. The number of benzene rings is 1. The van der Waals surface area contributed by atoms with Crippen molar-refractivity contribution in [3.8, 4) is 0 Å². The monoisotopic (exact) mass is 288 g/mol. The van der Waals surface area contributed by atoms with Crippen molar-refractivity contribution in [3.63, 3.8) is 0 Å². The van der Waals surface area contributed by atoms with Crippen molar-refractivity contribution in [2.45, 2.75) is 45.4 Å². The molecule has 5 heteroatoms. The maximum absolute atomic E-state index is 12.4. The van der Waals surface area contributed by atoms with Crippen LogP contribution in [0.3, 0.4) is 0 Å². The van der Waals surface area contributed by atoms with Crippen LogP contribution in [0.25, 0.3) is 11.0 Å². The first-order valence-electron chi connectivity index (χ1n) is 7.56. The van der Waals surface area contributed by atoms with E-state index in [-0.39, 0.29) is 6.10 Å². The topological polar surface area (TPSA) is 53.2 Å². The highest BCUT2D eigenvalue weighted by Crippen LogP contribution is 2.17. The number of aryl methyl sites for hydroxylation is 2. The highest BCUT2D eigenvalue weighted by Gasteiger charge is 2.17. The van der Waals surface area contributed by atoms with Crippen LogP contribution in [-0.4, -0.2) is 21.8 Å². The molecule has 1 aromatic heterocycles. The first-order chi connectivity index (χ1) is 10.2. The fourth-order valence-electron chi connectivity index (χ4n) is 3.05. The quantitative estimate of drug-likeness (QED) is 0.805. The summed E-state index contributed by atoms with van der Waals surface area (Å²) in [6, 6.07) is 7.58. The lowest BCUT2D eigenvalue weighted by molar-refractivity contribution is 0.100. The van der Waals surface area contributed by atoms with Crippen LogP contribution in [-0.2, 0) is 17.8 Å². The Morgan fingerprint density at radius 1 is 1.14 bits per heavy atom. The zero-order valence-electron chi connectivity index (χ0n) is 12.2. The molecule has 1 aromatic carbocycles. The number of nitrogens with zero attached hydrogens (tertiary/aromatic N) is 2. The average Bonchev–Trinajstić information content (AvgIpc) is 3.01. The van der Waals surface area contributed by atoms with E-state index >= 15 is 0 Å². The Bertz CT molecular complexity index is 754. The van der Waals surface area contributed by atoms with E-state index in [2.05, 4.69) is 0 Å². The number of hydrogen-bond donors (Lipinski definition) is 0. The molecule has 0 amide bonds. The molecular formula is C16H20N2O3. The summed E-state index contributed by atoms with van der Waals surface area (Å²) in [7, 11) is 0. The predicted octanol–water partition coefficient (Wildman–Crippen LogP) is 1.75. The molecule has 21 heavy (non-hydrogen) atoms. The van der Waals surface area contributed by atoms with Crippen molar-refractivity contribution in [2.24, 2.45) is 0 Å². The molecule has 1 fully saturated rings. The summed E-state index contributed by atoms with van der Waals surface area (Å²) in [5.74, 6) is 0. The SMILES string of the molecule is CCn1c(=O)c(=O)n(CC[C@H]2CCCO2)c2ccccc21. The van der Waals surface area contributed by atoms with Gasteiger partial charge < -0.3 is 13.9 Å². The number of rotatable bonds is 4. The van der Waals surface area contributed by atoms with E-state index in [9.17, 15) is 9.59 Å². The van der Waals surface area contributed by atoms with Gasteiger partial charge in [0.15, 0.2) is 0 Å². The van der Waals surface area contributed by atoms with Crippen molar-refractivity contribution in [1.29, 1.82) is 0 Å². The van der Waals surface area contributed by atoms with Crippen LogP contribution in [0.2, 0.25) is 0 Å². The van der Waals surface area contributed by atoms with E-state index in [1.165, 1.54) is 0 Å². The maximum atomic E-state index is 12.4. The smallest absolute Gasteiger partial charge is 0.316 e. The van der Waals surface area contributed by atoms with Gasteiger partial charge in [0, 0.05) is 19.7 Å². The summed E-state index contributed by atoms with van der Waals surface area (Å²) in [6.45, 7) is 3.71. The Morgan fingerprint density at radius 2 is 1.81 bits per heavy atom. The van der Waals surface area contributed by atoms with Crippen molar-refractivity contribution in [2.75, 3.05) is 6.61 Å². The van der Waals surface area contributed by atoms with Crippen molar-refractivity contribution < 1.29 is 4.74 Å². The summed E-state index contributed by atoms with van der Waals surface area (Å²) in [5.41, 5.74) is 0.760. The Morgan fingerprint density at radius 3 is 2.43 bits per heavy atom. The van der Waals surface area contributed by atoms with E-state index in [0.717, 1.165) is 36.9 Å². The molecule has 0 saturated carbocycles. The van der Waals surface area contributed by atoms with Crippen molar-refractivity contribution >= 4 is 11.0 Å². The second-order valence-electron chi connectivity index (χ2n) is 5.42. The highest BCUT2D eigenvalue weighted by atomic mass is 16.5.